The molecule has 0 radical (unpaired) electrons. The second kappa shape index (κ2) is 6.61. The van der Waals surface area contributed by atoms with E-state index < -0.39 is 0 Å². The van der Waals surface area contributed by atoms with Gasteiger partial charge < -0.3 is 20.6 Å². The smallest absolute Gasteiger partial charge is 0.227 e. The van der Waals surface area contributed by atoms with Gasteiger partial charge in [0.05, 0.1) is 11.6 Å². The highest BCUT2D eigenvalue weighted by molar-refractivity contribution is 5.79. The van der Waals surface area contributed by atoms with Crippen LogP contribution in [0.25, 0.3) is 0 Å². The molecule has 1 heterocycles. The van der Waals surface area contributed by atoms with Crippen molar-refractivity contribution in [2.24, 2.45) is 11.7 Å². The standard InChI is InChI=1S/C15H23N3O2/c1-2-12(11-16)15(20)18-9-7-17(8-10-18)13-5-3-4-6-14(13)19/h3-6,12,19H,2,7-11,16H2,1H3. The Hall–Kier alpha value is -1.75. The highest BCUT2D eigenvalue weighted by Crippen LogP contribution is 2.27. The van der Waals surface area contributed by atoms with E-state index in [0.717, 1.165) is 25.2 Å². The van der Waals surface area contributed by atoms with Crippen molar-refractivity contribution < 1.29 is 9.90 Å². The Morgan fingerprint density at radius 3 is 2.50 bits per heavy atom. The van der Waals surface area contributed by atoms with E-state index in [0.29, 0.717) is 25.4 Å². The van der Waals surface area contributed by atoms with Crippen molar-refractivity contribution >= 4 is 11.6 Å². The number of phenolic OH excluding ortho intramolecular Hbond substituents is 1. The van der Waals surface area contributed by atoms with Crippen LogP contribution in [0.2, 0.25) is 0 Å². The van der Waals surface area contributed by atoms with Gasteiger partial charge in [-0.05, 0) is 18.6 Å². The van der Waals surface area contributed by atoms with Crippen LogP contribution in [-0.2, 0) is 4.79 Å². The van der Waals surface area contributed by atoms with Crippen LogP contribution >= 0.6 is 0 Å². The summed E-state index contributed by atoms with van der Waals surface area (Å²) >= 11 is 0. The minimum atomic E-state index is -0.0633. The summed E-state index contributed by atoms with van der Waals surface area (Å²) in [5, 5.41) is 9.86. The van der Waals surface area contributed by atoms with E-state index in [1.807, 2.05) is 30.0 Å². The molecule has 0 aromatic heterocycles. The summed E-state index contributed by atoms with van der Waals surface area (Å²) < 4.78 is 0. The lowest BCUT2D eigenvalue weighted by atomic mass is 10.0. The van der Waals surface area contributed by atoms with Crippen molar-refractivity contribution in [2.45, 2.75) is 13.3 Å². The molecule has 1 fully saturated rings. The van der Waals surface area contributed by atoms with E-state index in [-0.39, 0.29) is 11.8 Å². The second-order valence-corrected chi connectivity index (χ2v) is 5.14. The number of piperazine rings is 1. The number of anilines is 1. The third-order valence-corrected chi connectivity index (χ3v) is 3.94. The molecule has 1 saturated heterocycles. The number of phenols is 1. The molecule has 1 aromatic rings. The molecule has 1 aliphatic rings. The molecule has 1 aliphatic heterocycles. The number of carbonyl (C=O) groups excluding carboxylic acids is 1. The number of hydrogen-bond donors (Lipinski definition) is 2. The normalized spacial score (nSPS) is 17.1. The van der Waals surface area contributed by atoms with Gasteiger partial charge in [-0.25, -0.2) is 0 Å². The maximum atomic E-state index is 12.2. The van der Waals surface area contributed by atoms with Crippen LogP contribution in [-0.4, -0.2) is 48.6 Å². The SMILES string of the molecule is CCC(CN)C(=O)N1CCN(c2ccccc2O)CC1. The Morgan fingerprint density at radius 1 is 1.30 bits per heavy atom. The maximum Gasteiger partial charge on any atom is 0.227 e. The van der Waals surface area contributed by atoms with Crippen molar-refractivity contribution in [3.8, 4) is 5.75 Å². The molecule has 2 rings (SSSR count). The molecular weight excluding hydrogens is 254 g/mol. The van der Waals surface area contributed by atoms with Crippen LogP contribution in [0.15, 0.2) is 24.3 Å². The lowest BCUT2D eigenvalue weighted by Crippen LogP contribution is -2.51. The molecule has 1 amide bonds. The van der Waals surface area contributed by atoms with Crippen LogP contribution in [0, 0.1) is 5.92 Å². The van der Waals surface area contributed by atoms with Crippen LogP contribution < -0.4 is 10.6 Å². The largest absolute Gasteiger partial charge is 0.506 e. The quantitative estimate of drug-likeness (QED) is 0.862. The van der Waals surface area contributed by atoms with Crippen molar-refractivity contribution in [1.29, 1.82) is 0 Å². The second-order valence-electron chi connectivity index (χ2n) is 5.14. The number of carbonyl (C=O) groups is 1. The molecule has 5 nitrogen and oxygen atoms in total. The Labute approximate surface area is 120 Å². The third-order valence-electron chi connectivity index (χ3n) is 3.94. The van der Waals surface area contributed by atoms with Gasteiger partial charge in [-0.15, -0.1) is 0 Å². The van der Waals surface area contributed by atoms with Gasteiger partial charge in [-0.1, -0.05) is 19.1 Å². The first-order valence-corrected chi connectivity index (χ1v) is 7.19. The average Bonchev–Trinajstić information content (AvgIpc) is 2.49. The fraction of sp³-hybridized carbons (Fsp3) is 0.533. The molecule has 1 aromatic carbocycles. The number of hydrogen-bond acceptors (Lipinski definition) is 4. The first kappa shape index (κ1) is 14.7. The monoisotopic (exact) mass is 277 g/mol. The zero-order chi connectivity index (χ0) is 14.5. The molecule has 1 atom stereocenters. The van der Waals surface area contributed by atoms with Gasteiger partial charge >= 0.3 is 0 Å². The van der Waals surface area contributed by atoms with E-state index in [4.69, 9.17) is 5.73 Å². The summed E-state index contributed by atoms with van der Waals surface area (Å²) in [7, 11) is 0. The fourth-order valence-corrected chi connectivity index (χ4v) is 2.60. The van der Waals surface area contributed by atoms with Gasteiger partial charge in [-0.2, -0.15) is 0 Å². The Balaban J connectivity index is 1.96. The van der Waals surface area contributed by atoms with E-state index in [9.17, 15) is 9.90 Å². The highest BCUT2D eigenvalue weighted by atomic mass is 16.3. The molecule has 110 valence electrons. The summed E-state index contributed by atoms with van der Waals surface area (Å²) in [6, 6.07) is 7.32. The average molecular weight is 277 g/mol. The summed E-state index contributed by atoms with van der Waals surface area (Å²) in [6.45, 7) is 5.25. The number of rotatable bonds is 4. The van der Waals surface area contributed by atoms with Crippen molar-refractivity contribution in [1.82, 2.24) is 4.90 Å². The minimum absolute atomic E-state index is 0.0633. The topological polar surface area (TPSA) is 69.8 Å². The van der Waals surface area contributed by atoms with Crippen molar-refractivity contribution in [3.63, 3.8) is 0 Å². The summed E-state index contributed by atoms with van der Waals surface area (Å²) in [6.07, 6.45) is 0.787. The van der Waals surface area contributed by atoms with Crippen molar-refractivity contribution in [3.05, 3.63) is 24.3 Å². The number of nitrogens with zero attached hydrogens (tertiary/aromatic N) is 2. The molecule has 0 saturated carbocycles. The maximum absolute atomic E-state index is 12.2. The predicted octanol–water partition coefficient (Wildman–Crippen LogP) is 1.03. The molecule has 1 unspecified atom stereocenters. The van der Waals surface area contributed by atoms with Gasteiger partial charge in [0.1, 0.15) is 5.75 Å². The predicted molar refractivity (Wildman–Crippen MR) is 79.7 cm³/mol. The number of benzene rings is 1. The molecule has 0 spiro atoms. The highest BCUT2D eigenvalue weighted by Gasteiger charge is 2.26. The lowest BCUT2D eigenvalue weighted by molar-refractivity contribution is -0.135. The van der Waals surface area contributed by atoms with E-state index in [2.05, 4.69) is 4.90 Å². The molecule has 0 bridgehead atoms. The van der Waals surface area contributed by atoms with Gasteiger partial charge in [0.25, 0.3) is 0 Å². The van der Waals surface area contributed by atoms with Gasteiger partial charge in [-0.3, -0.25) is 4.79 Å². The summed E-state index contributed by atoms with van der Waals surface area (Å²) in [5.41, 5.74) is 6.48. The molecule has 0 aliphatic carbocycles. The minimum Gasteiger partial charge on any atom is -0.506 e. The van der Waals surface area contributed by atoms with Gasteiger partial charge in [0.15, 0.2) is 0 Å². The fourth-order valence-electron chi connectivity index (χ4n) is 2.60. The van der Waals surface area contributed by atoms with Crippen LogP contribution in [0.1, 0.15) is 13.3 Å². The third kappa shape index (κ3) is 3.04. The zero-order valence-electron chi connectivity index (χ0n) is 12.0. The first-order chi connectivity index (χ1) is 9.67. The van der Waals surface area contributed by atoms with Crippen LogP contribution in [0.4, 0.5) is 5.69 Å². The van der Waals surface area contributed by atoms with E-state index in [1.165, 1.54) is 0 Å². The van der Waals surface area contributed by atoms with E-state index in [1.54, 1.807) is 6.07 Å². The number of nitrogens with two attached hydrogens (primary N) is 1. The zero-order valence-corrected chi connectivity index (χ0v) is 12.0. The number of para-hydroxylation sites is 2. The first-order valence-electron chi connectivity index (χ1n) is 7.19. The Morgan fingerprint density at radius 2 is 1.95 bits per heavy atom. The van der Waals surface area contributed by atoms with Gasteiger partial charge in [0.2, 0.25) is 5.91 Å². The Kier molecular flexibility index (Phi) is 4.84. The van der Waals surface area contributed by atoms with Crippen LogP contribution in [0.5, 0.6) is 5.75 Å². The van der Waals surface area contributed by atoms with Crippen molar-refractivity contribution in [2.75, 3.05) is 37.6 Å². The molecule has 20 heavy (non-hydrogen) atoms. The summed E-state index contributed by atoms with van der Waals surface area (Å²) in [5.74, 6) is 0.388. The van der Waals surface area contributed by atoms with Gasteiger partial charge in [0, 0.05) is 32.7 Å². The number of amides is 1. The number of aromatic hydroxyl groups is 1. The van der Waals surface area contributed by atoms with E-state index >= 15 is 0 Å². The molecule has 3 N–H and O–H groups in total. The lowest BCUT2D eigenvalue weighted by Gasteiger charge is -2.37. The summed E-state index contributed by atoms with van der Waals surface area (Å²) in [4.78, 5) is 16.2. The Bertz CT molecular complexity index is 452. The molecule has 5 heteroatoms. The van der Waals surface area contributed by atoms with Crippen LogP contribution in [0.3, 0.4) is 0 Å². The molecular formula is C15H23N3O2.